The zero-order chi connectivity index (χ0) is 20.1. The van der Waals surface area contributed by atoms with Gasteiger partial charge in [-0.15, -0.1) is 24.0 Å². The normalized spacial score (nSPS) is 19.0. The Morgan fingerprint density at radius 2 is 1.89 bits per heavy atom. The van der Waals surface area contributed by atoms with Crippen LogP contribution in [0.25, 0.3) is 0 Å². The molecule has 0 atom stereocenters. The minimum atomic E-state index is -3.31. The lowest BCUT2D eigenvalue weighted by molar-refractivity contribution is 0.353. The Balaban J connectivity index is 0.00000392. The van der Waals surface area contributed by atoms with Gasteiger partial charge in [-0.25, -0.2) is 16.8 Å². The Hall–Kier alpha value is -0.880. The van der Waals surface area contributed by atoms with E-state index in [1.807, 2.05) is 11.8 Å². The Bertz CT molecular complexity index is 869. The zero-order valence-corrected chi connectivity index (χ0v) is 20.6. The first-order valence-electron chi connectivity index (χ1n) is 9.12. The van der Waals surface area contributed by atoms with Gasteiger partial charge in [0.2, 0.25) is 0 Å². The van der Waals surface area contributed by atoms with Gasteiger partial charge in [0.25, 0.3) is 0 Å². The first-order valence-corrected chi connectivity index (χ1v) is 12.4. The second-order valence-corrected chi connectivity index (χ2v) is 12.1. The van der Waals surface area contributed by atoms with Gasteiger partial charge < -0.3 is 10.2 Å². The van der Waals surface area contributed by atoms with E-state index in [0.29, 0.717) is 43.5 Å². The maximum atomic E-state index is 12.3. The number of halogens is 1. The van der Waals surface area contributed by atoms with E-state index in [2.05, 4.69) is 10.3 Å². The summed E-state index contributed by atoms with van der Waals surface area (Å²) in [4.78, 5) is 6.78. The summed E-state index contributed by atoms with van der Waals surface area (Å²) in [6.45, 7) is 7.17. The molecule has 1 aromatic carbocycles. The Morgan fingerprint density at radius 3 is 2.46 bits per heavy atom. The third-order valence-corrected chi connectivity index (χ3v) is 8.96. The van der Waals surface area contributed by atoms with E-state index >= 15 is 0 Å². The summed E-state index contributed by atoms with van der Waals surface area (Å²) in [5.41, 5.74) is 0. The number of hydrogen-bond acceptors (Lipinski definition) is 5. The van der Waals surface area contributed by atoms with Gasteiger partial charge in [-0.1, -0.05) is 18.2 Å². The first kappa shape index (κ1) is 25.2. The van der Waals surface area contributed by atoms with Gasteiger partial charge >= 0.3 is 0 Å². The van der Waals surface area contributed by atoms with Gasteiger partial charge in [0.15, 0.2) is 25.6 Å². The number of hydrogen-bond donors (Lipinski definition) is 1. The fourth-order valence-electron chi connectivity index (χ4n) is 2.94. The summed E-state index contributed by atoms with van der Waals surface area (Å²) in [7, 11) is -6.43. The highest BCUT2D eigenvalue weighted by atomic mass is 127. The predicted molar refractivity (Wildman–Crippen MR) is 124 cm³/mol. The van der Waals surface area contributed by atoms with Crippen molar-refractivity contribution >= 4 is 49.6 Å². The van der Waals surface area contributed by atoms with Crippen LogP contribution < -0.4 is 5.32 Å². The molecule has 10 heteroatoms. The van der Waals surface area contributed by atoms with Crippen molar-refractivity contribution in [3.05, 3.63) is 30.3 Å². The van der Waals surface area contributed by atoms with Crippen LogP contribution in [-0.2, 0) is 19.7 Å². The maximum absolute atomic E-state index is 12.3. The van der Waals surface area contributed by atoms with Crippen LogP contribution in [0.1, 0.15) is 27.2 Å². The highest BCUT2D eigenvalue weighted by Crippen LogP contribution is 2.23. The summed E-state index contributed by atoms with van der Waals surface area (Å²) >= 11 is 0. The molecule has 1 aromatic rings. The molecule has 0 unspecified atom stereocenters. The van der Waals surface area contributed by atoms with E-state index < -0.39 is 24.4 Å². The van der Waals surface area contributed by atoms with E-state index in [1.54, 1.807) is 44.2 Å². The van der Waals surface area contributed by atoms with E-state index in [1.165, 1.54) is 0 Å². The quantitative estimate of drug-likeness (QED) is 0.255. The molecule has 0 radical (unpaired) electrons. The van der Waals surface area contributed by atoms with Gasteiger partial charge in [0, 0.05) is 26.2 Å². The Kier molecular flexibility index (Phi) is 9.20. The van der Waals surface area contributed by atoms with Gasteiger partial charge in [0.05, 0.1) is 21.1 Å². The third kappa shape index (κ3) is 6.31. The maximum Gasteiger partial charge on any atom is 0.193 e. The molecular weight excluding hydrogens is 513 g/mol. The molecule has 1 N–H and O–H groups in total. The SMILES string of the molecule is CCNC(=NCCCS(=O)(=O)c1ccccc1)N1CCS(=O)(=O)C(C)(C)C1.I. The fourth-order valence-corrected chi connectivity index (χ4v) is 5.62. The van der Waals surface area contributed by atoms with Crippen LogP contribution >= 0.6 is 24.0 Å². The predicted octanol–water partition coefficient (Wildman–Crippen LogP) is 1.94. The van der Waals surface area contributed by atoms with Crippen LogP contribution in [0.5, 0.6) is 0 Å². The first-order chi connectivity index (χ1) is 12.6. The standard InChI is InChI=1S/C18H29N3O4S2.HI/c1-4-19-17(21-12-14-27(24,25)18(2,3)15-21)20-11-8-13-26(22,23)16-9-6-5-7-10-16;/h5-7,9-10H,4,8,11-15H2,1-3H3,(H,19,20);1H. The molecule has 1 saturated heterocycles. The lowest BCUT2D eigenvalue weighted by atomic mass is 10.2. The van der Waals surface area contributed by atoms with Gasteiger partial charge in [-0.3, -0.25) is 4.99 Å². The molecule has 28 heavy (non-hydrogen) atoms. The lowest BCUT2D eigenvalue weighted by Gasteiger charge is -2.39. The van der Waals surface area contributed by atoms with Crippen molar-refractivity contribution in [3.63, 3.8) is 0 Å². The number of nitrogens with zero attached hydrogens (tertiary/aromatic N) is 2. The smallest absolute Gasteiger partial charge is 0.193 e. The molecule has 1 aliphatic heterocycles. The number of aliphatic imine (C=N–C) groups is 1. The molecule has 0 spiro atoms. The Morgan fingerprint density at radius 1 is 1.25 bits per heavy atom. The van der Waals surface area contributed by atoms with Crippen LogP contribution in [0, 0.1) is 0 Å². The van der Waals surface area contributed by atoms with Crippen molar-refractivity contribution in [1.82, 2.24) is 10.2 Å². The largest absolute Gasteiger partial charge is 0.357 e. The molecule has 0 aliphatic carbocycles. The number of rotatable bonds is 6. The zero-order valence-electron chi connectivity index (χ0n) is 16.6. The molecule has 1 fully saturated rings. The minimum absolute atomic E-state index is 0. The summed E-state index contributed by atoms with van der Waals surface area (Å²) in [6.07, 6.45) is 0.404. The average molecular weight is 543 g/mol. The van der Waals surface area contributed by atoms with Gasteiger partial charge in [-0.05, 0) is 39.3 Å². The highest BCUT2D eigenvalue weighted by Gasteiger charge is 2.40. The van der Waals surface area contributed by atoms with Crippen LogP contribution in [0.4, 0.5) is 0 Å². The van der Waals surface area contributed by atoms with Crippen LogP contribution in [0.2, 0.25) is 0 Å². The van der Waals surface area contributed by atoms with Crippen LogP contribution in [0.15, 0.2) is 40.2 Å². The van der Waals surface area contributed by atoms with Crippen molar-refractivity contribution in [1.29, 1.82) is 0 Å². The molecular formula is C18H30IN3O4S2. The van der Waals surface area contributed by atoms with E-state index in [0.717, 1.165) is 0 Å². The van der Waals surface area contributed by atoms with Crippen molar-refractivity contribution in [2.75, 3.05) is 37.7 Å². The summed E-state index contributed by atoms with van der Waals surface area (Å²) in [5, 5.41) is 3.18. The van der Waals surface area contributed by atoms with Crippen molar-refractivity contribution in [3.8, 4) is 0 Å². The monoisotopic (exact) mass is 543 g/mol. The Labute approximate surface area is 185 Å². The second kappa shape index (κ2) is 10.2. The average Bonchev–Trinajstić information content (AvgIpc) is 2.61. The molecule has 1 aliphatic rings. The number of nitrogens with one attached hydrogen (secondary N) is 1. The molecule has 0 saturated carbocycles. The molecule has 0 aromatic heterocycles. The summed E-state index contributed by atoms with van der Waals surface area (Å²) < 4.78 is 48.2. The topological polar surface area (TPSA) is 95.9 Å². The van der Waals surface area contributed by atoms with Crippen LogP contribution in [-0.4, -0.2) is 70.1 Å². The molecule has 160 valence electrons. The third-order valence-electron chi connectivity index (χ3n) is 4.61. The summed E-state index contributed by atoms with van der Waals surface area (Å²) in [5.74, 6) is 0.754. The minimum Gasteiger partial charge on any atom is -0.357 e. The van der Waals surface area contributed by atoms with E-state index in [-0.39, 0.29) is 35.5 Å². The van der Waals surface area contributed by atoms with Crippen molar-refractivity contribution in [2.45, 2.75) is 36.8 Å². The van der Waals surface area contributed by atoms with Gasteiger partial charge in [0.1, 0.15) is 0 Å². The fraction of sp³-hybridized carbons (Fsp3) is 0.611. The van der Waals surface area contributed by atoms with Crippen molar-refractivity contribution < 1.29 is 16.8 Å². The van der Waals surface area contributed by atoms with Gasteiger partial charge in [-0.2, -0.15) is 0 Å². The van der Waals surface area contributed by atoms with Crippen molar-refractivity contribution in [2.24, 2.45) is 4.99 Å². The van der Waals surface area contributed by atoms with E-state index in [9.17, 15) is 16.8 Å². The van der Waals surface area contributed by atoms with Crippen LogP contribution in [0.3, 0.4) is 0 Å². The molecule has 0 bridgehead atoms. The number of benzene rings is 1. The summed E-state index contributed by atoms with van der Waals surface area (Å²) in [6, 6.07) is 8.39. The number of guanidine groups is 1. The lowest BCUT2D eigenvalue weighted by Crippen LogP contribution is -2.57. The molecule has 1 heterocycles. The second-order valence-electron chi connectivity index (χ2n) is 7.22. The molecule has 2 rings (SSSR count). The highest BCUT2D eigenvalue weighted by molar-refractivity contribution is 14.0. The number of sulfone groups is 2. The molecule has 7 nitrogen and oxygen atoms in total. The molecule has 0 amide bonds. The van der Waals surface area contributed by atoms with E-state index in [4.69, 9.17) is 0 Å².